The first kappa shape index (κ1) is 14.2. The van der Waals surface area contributed by atoms with Crippen LogP contribution in [-0.2, 0) is 6.18 Å². The number of aromatic hydroxyl groups is 1. The Morgan fingerprint density at radius 2 is 1.77 bits per heavy atom. The number of benzene rings is 2. The normalized spacial score (nSPS) is 11.8. The van der Waals surface area contributed by atoms with Gasteiger partial charge in [-0.15, -0.1) is 0 Å². The number of phenolic OH excluding ortho intramolecular Hbond substituents is 1. The van der Waals surface area contributed by atoms with Crippen molar-refractivity contribution in [3.05, 3.63) is 64.5 Å². The van der Waals surface area contributed by atoms with E-state index in [1.165, 1.54) is 30.3 Å². The number of hydrogen-bond acceptors (Lipinski definition) is 3. The lowest BCUT2D eigenvalue weighted by Crippen LogP contribution is -2.05. The fraction of sp³-hybridized carbons (Fsp3) is 0.0625. The maximum Gasteiger partial charge on any atom is 0.416 e. The minimum Gasteiger partial charge on any atom is -0.508 e. The van der Waals surface area contributed by atoms with E-state index >= 15 is 0 Å². The lowest BCUT2D eigenvalue weighted by atomic mass is 10.00. The van der Waals surface area contributed by atoms with E-state index in [2.05, 4.69) is 0 Å². The molecule has 0 radical (unpaired) electrons. The maximum absolute atomic E-state index is 12.8. The molecule has 0 aliphatic rings. The van der Waals surface area contributed by atoms with Crippen LogP contribution in [0.1, 0.15) is 5.56 Å². The molecule has 0 saturated heterocycles. The van der Waals surface area contributed by atoms with Crippen LogP contribution in [0.15, 0.2) is 57.7 Å². The molecule has 3 rings (SSSR count). The Balaban J connectivity index is 2.29. The third kappa shape index (κ3) is 2.55. The predicted molar refractivity (Wildman–Crippen MR) is 74.6 cm³/mol. The Kier molecular flexibility index (Phi) is 3.16. The van der Waals surface area contributed by atoms with Crippen LogP contribution in [0.25, 0.3) is 22.1 Å². The molecule has 1 heterocycles. The number of halogens is 3. The fourth-order valence-corrected chi connectivity index (χ4v) is 2.25. The summed E-state index contributed by atoms with van der Waals surface area (Å²) in [6.45, 7) is 0. The molecular formula is C16H9F3O3. The van der Waals surface area contributed by atoms with E-state index in [0.29, 0.717) is 10.9 Å². The van der Waals surface area contributed by atoms with Crippen LogP contribution in [0, 0.1) is 0 Å². The summed E-state index contributed by atoms with van der Waals surface area (Å²) < 4.78 is 43.4. The molecule has 1 aromatic heterocycles. The summed E-state index contributed by atoms with van der Waals surface area (Å²) in [7, 11) is 0. The zero-order chi connectivity index (χ0) is 15.9. The predicted octanol–water partition coefficient (Wildman–Crippen LogP) is 4.18. The van der Waals surface area contributed by atoms with Crippen molar-refractivity contribution in [2.24, 2.45) is 0 Å². The monoisotopic (exact) mass is 306 g/mol. The SMILES string of the molecule is O=c1cc(-c2cccc(C(F)(F)F)c2)c2ccc(O)cc2o1. The number of fused-ring (bicyclic) bond motifs is 1. The maximum atomic E-state index is 12.8. The highest BCUT2D eigenvalue weighted by molar-refractivity contribution is 5.93. The van der Waals surface area contributed by atoms with Gasteiger partial charge in [0.05, 0.1) is 5.56 Å². The summed E-state index contributed by atoms with van der Waals surface area (Å²) >= 11 is 0. The van der Waals surface area contributed by atoms with Gasteiger partial charge in [0.2, 0.25) is 0 Å². The molecule has 112 valence electrons. The number of hydrogen-bond donors (Lipinski definition) is 1. The smallest absolute Gasteiger partial charge is 0.416 e. The van der Waals surface area contributed by atoms with Gasteiger partial charge in [0.1, 0.15) is 11.3 Å². The number of rotatable bonds is 1. The molecule has 0 spiro atoms. The van der Waals surface area contributed by atoms with E-state index < -0.39 is 17.4 Å². The molecule has 1 N–H and O–H groups in total. The molecule has 0 atom stereocenters. The van der Waals surface area contributed by atoms with E-state index in [1.54, 1.807) is 0 Å². The molecule has 0 aliphatic heterocycles. The highest BCUT2D eigenvalue weighted by atomic mass is 19.4. The minimum absolute atomic E-state index is 0.100. The molecular weight excluding hydrogens is 297 g/mol. The number of alkyl halides is 3. The van der Waals surface area contributed by atoms with Crippen LogP contribution in [0.3, 0.4) is 0 Å². The largest absolute Gasteiger partial charge is 0.508 e. The molecule has 22 heavy (non-hydrogen) atoms. The van der Waals surface area contributed by atoms with Crippen molar-refractivity contribution in [1.82, 2.24) is 0 Å². The van der Waals surface area contributed by atoms with Crippen LogP contribution in [0.5, 0.6) is 5.75 Å². The molecule has 3 nitrogen and oxygen atoms in total. The zero-order valence-electron chi connectivity index (χ0n) is 11.0. The van der Waals surface area contributed by atoms with Crippen LogP contribution in [-0.4, -0.2) is 5.11 Å². The minimum atomic E-state index is -4.47. The van der Waals surface area contributed by atoms with E-state index in [4.69, 9.17) is 4.42 Å². The third-order valence-corrected chi connectivity index (χ3v) is 3.23. The van der Waals surface area contributed by atoms with Crippen LogP contribution >= 0.6 is 0 Å². The standard InChI is InChI=1S/C16H9F3O3/c17-16(18,19)10-3-1-2-9(6-10)13-8-15(21)22-14-7-11(20)4-5-12(13)14/h1-8,20H. The van der Waals surface area contributed by atoms with Crippen LogP contribution < -0.4 is 5.63 Å². The van der Waals surface area contributed by atoms with Gasteiger partial charge in [-0.25, -0.2) is 4.79 Å². The van der Waals surface area contributed by atoms with Gasteiger partial charge in [0.25, 0.3) is 0 Å². The summed E-state index contributed by atoms with van der Waals surface area (Å²) in [6, 6.07) is 9.94. The lowest BCUT2D eigenvalue weighted by molar-refractivity contribution is -0.137. The molecule has 3 aromatic rings. The Morgan fingerprint density at radius 3 is 2.50 bits per heavy atom. The topological polar surface area (TPSA) is 50.4 Å². The van der Waals surface area contributed by atoms with Gasteiger partial charge in [-0.3, -0.25) is 0 Å². The highest BCUT2D eigenvalue weighted by Gasteiger charge is 2.30. The molecule has 0 saturated carbocycles. The van der Waals surface area contributed by atoms with Gasteiger partial charge >= 0.3 is 11.8 Å². The Hall–Kier alpha value is -2.76. The Labute approximate surface area is 122 Å². The molecule has 6 heteroatoms. The molecule has 0 aliphatic carbocycles. The average Bonchev–Trinajstić information content (AvgIpc) is 2.45. The lowest BCUT2D eigenvalue weighted by Gasteiger charge is -2.10. The first-order valence-corrected chi connectivity index (χ1v) is 6.29. The van der Waals surface area contributed by atoms with Gasteiger partial charge in [-0.05, 0) is 35.4 Å². The van der Waals surface area contributed by atoms with Gasteiger partial charge in [-0.1, -0.05) is 12.1 Å². The van der Waals surface area contributed by atoms with E-state index in [0.717, 1.165) is 18.2 Å². The first-order chi connectivity index (χ1) is 10.3. The third-order valence-electron chi connectivity index (χ3n) is 3.23. The average molecular weight is 306 g/mol. The Morgan fingerprint density at radius 1 is 1.00 bits per heavy atom. The van der Waals surface area contributed by atoms with Gasteiger partial charge in [-0.2, -0.15) is 13.2 Å². The Bertz CT molecular complexity index is 910. The van der Waals surface area contributed by atoms with Crippen LogP contribution in [0.2, 0.25) is 0 Å². The molecule has 2 aromatic carbocycles. The highest BCUT2D eigenvalue weighted by Crippen LogP contribution is 2.34. The molecule has 0 bridgehead atoms. The molecule has 0 amide bonds. The summed E-state index contributed by atoms with van der Waals surface area (Å²) in [5.74, 6) is -0.100. The number of phenols is 1. The van der Waals surface area contributed by atoms with Crippen LogP contribution in [0.4, 0.5) is 13.2 Å². The quantitative estimate of drug-likeness (QED) is 0.686. The summed E-state index contributed by atoms with van der Waals surface area (Å²) in [5.41, 5.74) is -0.827. The second kappa shape index (κ2) is 4.91. The zero-order valence-corrected chi connectivity index (χ0v) is 11.0. The van der Waals surface area contributed by atoms with Crippen molar-refractivity contribution in [3.8, 4) is 16.9 Å². The van der Waals surface area contributed by atoms with Gasteiger partial charge in [0, 0.05) is 17.5 Å². The second-order valence-corrected chi connectivity index (χ2v) is 4.74. The van der Waals surface area contributed by atoms with Crippen molar-refractivity contribution in [2.45, 2.75) is 6.18 Å². The summed E-state index contributed by atoms with van der Waals surface area (Å²) in [6.07, 6.45) is -4.47. The van der Waals surface area contributed by atoms with Gasteiger partial charge in [0.15, 0.2) is 0 Å². The first-order valence-electron chi connectivity index (χ1n) is 6.29. The van der Waals surface area contributed by atoms with E-state index in [1.807, 2.05) is 0 Å². The van der Waals surface area contributed by atoms with Crippen molar-refractivity contribution >= 4 is 11.0 Å². The van der Waals surface area contributed by atoms with E-state index in [-0.39, 0.29) is 16.9 Å². The molecule has 0 fully saturated rings. The summed E-state index contributed by atoms with van der Waals surface area (Å²) in [4.78, 5) is 11.6. The van der Waals surface area contributed by atoms with Gasteiger partial charge < -0.3 is 9.52 Å². The second-order valence-electron chi connectivity index (χ2n) is 4.74. The van der Waals surface area contributed by atoms with Crippen molar-refractivity contribution in [1.29, 1.82) is 0 Å². The summed E-state index contributed by atoms with van der Waals surface area (Å²) in [5, 5.41) is 9.86. The fourth-order valence-electron chi connectivity index (χ4n) is 2.25. The van der Waals surface area contributed by atoms with Crippen molar-refractivity contribution in [3.63, 3.8) is 0 Å². The van der Waals surface area contributed by atoms with E-state index in [9.17, 15) is 23.1 Å². The van der Waals surface area contributed by atoms with Crippen molar-refractivity contribution in [2.75, 3.05) is 0 Å². The van der Waals surface area contributed by atoms with Crippen molar-refractivity contribution < 1.29 is 22.7 Å². The molecule has 0 unspecified atom stereocenters.